The summed E-state index contributed by atoms with van der Waals surface area (Å²) in [6.07, 6.45) is 2.74. The van der Waals surface area contributed by atoms with Crippen LogP contribution < -0.4 is 11.1 Å². The Labute approximate surface area is 98.4 Å². The predicted octanol–water partition coefficient (Wildman–Crippen LogP) is 1.44. The first-order valence-corrected chi connectivity index (χ1v) is 7.11. The van der Waals surface area contributed by atoms with Crippen LogP contribution >= 0.6 is 23.1 Å². The molecule has 1 aromatic heterocycles. The lowest BCUT2D eigenvalue weighted by atomic mass is 10.2. The van der Waals surface area contributed by atoms with E-state index >= 15 is 0 Å². The maximum atomic E-state index is 11.5. The lowest BCUT2D eigenvalue weighted by Crippen LogP contribution is -2.40. The van der Waals surface area contributed by atoms with Gasteiger partial charge >= 0.3 is 0 Å². The van der Waals surface area contributed by atoms with Gasteiger partial charge in [-0.15, -0.1) is 0 Å². The number of thiophene rings is 1. The minimum Gasteiger partial charge on any atom is -0.351 e. The Morgan fingerprint density at radius 2 is 2.53 bits per heavy atom. The van der Waals surface area contributed by atoms with Gasteiger partial charge in [-0.25, -0.2) is 0 Å². The molecule has 3 nitrogen and oxygen atoms in total. The Balaban J connectivity index is 2.23. The van der Waals surface area contributed by atoms with Gasteiger partial charge in [-0.1, -0.05) is 0 Å². The molecule has 0 bridgehead atoms. The third-order valence-corrected chi connectivity index (χ3v) is 3.39. The lowest BCUT2D eigenvalue weighted by Gasteiger charge is -2.10. The Morgan fingerprint density at radius 1 is 1.73 bits per heavy atom. The predicted molar refractivity (Wildman–Crippen MR) is 67.1 cm³/mol. The molecule has 1 atom stereocenters. The summed E-state index contributed by atoms with van der Waals surface area (Å²) in [5.74, 6) is 0.864. The molecule has 5 heteroatoms. The highest BCUT2D eigenvalue weighted by Crippen LogP contribution is 2.05. The van der Waals surface area contributed by atoms with Gasteiger partial charge in [-0.3, -0.25) is 4.79 Å². The van der Waals surface area contributed by atoms with Crippen molar-refractivity contribution >= 4 is 29.0 Å². The van der Waals surface area contributed by atoms with E-state index in [1.54, 1.807) is 23.1 Å². The number of rotatable bonds is 6. The van der Waals surface area contributed by atoms with E-state index in [4.69, 9.17) is 5.73 Å². The summed E-state index contributed by atoms with van der Waals surface area (Å²) in [4.78, 5) is 11.5. The summed E-state index contributed by atoms with van der Waals surface area (Å²) in [5.41, 5.74) is 6.85. The SMILES string of the molecule is CSCC[C@H](N)C(=O)NCc1ccsc1. The van der Waals surface area contributed by atoms with Crippen LogP contribution in [0, 0.1) is 0 Å². The van der Waals surface area contributed by atoms with Crippen molar-refractivity contribution in [1.29, 1.82) is 0 Å². The smallest absolute Gasteiger partial charge is 0.237 e. The standard InChI is InChI=1S/C10H16N2OS2/c1-14-4-3-9(11)10(13)12-6-8-2-5-15-7-8/h2,5,7,9H,3-4,6,11H2,1H3,(H,12,13)/t9-/m0/s1. The summed E-state index contributed by atoms with van der Waals surface area (Å²) < 4.78 is 0. The van der Waals surface area contributed by atoms with Crippen LogP contribution in [0.3, 0.4) is 0 Å². The van der Waals surface area contributed by atoms with Crippen LogP contribution in [0.4, 0.5) is 0 Å². The molecule has 1 amide bonds. The molecule has 0 radical (unpaired) electrons. The summed E-state index contributed by atoms with van der Waals surface area (Å²) >= 11 is 3.33. The van der Waals surface area contributed by atoms with Crippen LogP contribution in [0.5, 0.6) is 0 Å². The zero-order valence-corrected chi connectivity index (χ0v) is 10.4. The molecule has 1 heterocycles. The zero-order valence-electron chi connectivity index (χ0n) is 8.73. The van der Waals surface area contributed by atoms with Crippen molar-refractivity contribution in [2.75, 3.05) is 12.0 Å². The van der Waals surface area contributed by atoms with Crippen molar-refractivity contribution in [3.8, 4) is 0 Å². The van der Waals surface area contributed by atoms with Gasteiger partial charge in [0.25, 0.3) is 0 Å². The summed E-state index contributed by atoms with van der Waals surface area (Å²) in [6.45, 7) is 0.579. The second kappa shape index (κ2) is 6.87. The highest BCUT2D eigenvalue weighted by molar-refractivity contribution is 7.98. The van der Waals surface area contributed by atoms with Crippen LogP contribution in [0.15, 0.2) is 16.8 Å². The van der Waals surface area contributed by atoms with Crippen LogP contribution in [0.2, 0.25) is 0 Å². The molecular weight excluding hydrogens is 228 g/mol. The van der Waals surface area contributed by atoms with Gasteiger partial charge in [0.1, 0.15) is 0 Å². The number of nitrogens with two attached hydrogens (primary N) is 1. The molecular formula is C10H16N2OS2. The molecule has 84 valence electrons. The first-order valence-electron chi connectivity index (χ1n) is 4.77. The van der Waals surface area contributed by atoms with E-state index in [0.717, 1.165) is 17.7 Å². The molecule has 15 heavy (non-hydrogen) atoms. The minimum absolute atomic E-state index is 0.0600. The van der Waals surface area contributed by atoms with Crippen LogP contribution in [0.25, 0.3) is 0 Å². The van der Waals surface area contributed by atoms with E-state index in [2.05, 4.69) is 5.32 Å². The van der Waals surface area contributed by atoms with E-state index in [-0.39, 0.29) is 11.9 Å². The molecule has 1 aromatic rings. The average Bonchev–Trinajstić information content (AvgIpc) is 2.75. The van der Waals surface area contributed by atoms with Crippen molar-refractivity contribution in [2.24, 2.45) is 5.73 Å². The average molecular weight is 244 g/mol. The first kappa shape index (κ1) is 12.5. The van der Waals surface area contributed by atoms with E-state index in [1.165, 1.54) is 0 Å². The Kier molecular flexibility index (Phi) is 5.75. The quantitative estimate of drug-likeness (QED) is 0.796. The van der Waals surface area contributed by atoms with Gasteiger partial charge in [0, 0.05) is 6.54 Å². The van der Waals surface area contributed by atoms with E-state index in [1.807, 2.05) is 23.1 Å². The fourth-order valence-electron chi connectivity index (χ4n) is 1.09. The topological polar surface area (TPSA) is 55.1 Å². The fourth-order valence-corrected chi connectivity index (χ4v) is 2.25. The van der Waals surface area contributed by atoms with Crippen molar-refractivity contribution in [3.63, 3.8) is 0 Å². The summed E-state index contributed by atoms with van der Waals surface area (Å²) in [7, 11) is 0. The van der Waals surface area contributed by atoms with E-state index in [0.29, 0.717) is 6.54 Å². The Morgan fingerprint density at radius 3 is 3.13 bits per heavy atom. The van der Waals surface area contributed by atoms with Crippen molar-refractivity contribution in [3.05, 3.63) is 22.4 Å². The number of carbonyl (C=O) groups is 1. The molecule has 0 aliphatic carbocycles. The maximum Gasteiger partial charge on any atom is 0.237 e. The lowest BCUT2D eigenvalue weighted by molar-refractivity contribution is -0.122. The second-order valence-corrected chi connectivity index (χ2v) is 5.00. The van der Waals surface area contributed by atoms with Crippen LogP contribution in [0.1, 0.15) is 12.0 Å². The van der Waals surface area contributed by atoms with Gasteiger partial charge < -0.3 is 11.1 Å². The number of hydrogen-bond acceptors (Lipinski definition) is 4. The highest BCUT2D eigenvalue weighted by Gasteiger charge is 2.11. The molecule has 0 spiro atoms. The molecule has 0 saturated carbocycles. The number of carbonyl (C=O) groups excluding carboxylic acids is 1. The minimum atomic E-state index is -0.379. The number of amides is 1. The normalized spacial score (nSPS) is 12.4. The van der Waals surface area contributed by atoms with Crippen LogP contribution in [-0.4, -0.2) is 24.0 Å². The number of hydrogen-bond donors (Lipinski definition) is 2. The Bertz CT molecular complexity index is 288. The zero-order chi connectivity index (χ0) is 11.1. The van der Waals surface area contributed by atoms with Gasteiger partial charge in [0.05, 0.1) is 6.04 Å². The largest absolute Gasteiger partial charge is 0.351 e. The maximum absolute atomic E-state index is 11.5. The third kappa shape index (κ3) is 4.68. The number of nitrogens with one attached hydrogen (secondary N) is 1. The molecule has 0 fully saturated rings. The van der Waals surface area contributed by atoms with E-state index in [9.17, 15) is 4.79 Å². The van der Waals surface area contributed by atoms with Gasteiger partial charge in [-0.05, 0) is 40.8 Å². The van der Waals surface area contributed by atoms with Gasteiger partial charge in [-0.2, -0.15) is 23.1 Å². The van der Waals surface area contributed by atoms with Crippen molar-refractivity contribution in [2.45, 2.75) is 19.0 Å². The molecule has 1 rings (SSSR count). The third-order valence-electron chi connectivity index (χ3n) is 2.02. The van der Waals surface area contributed by atoms with Crippen molar-refractivity contribution < 1.29 is 4.79 Å². The van der Waals surface area contributed by atoms with Crippen LogP contribution in [-0.2, 0) is 11.3 Å². The monoisotopic (exact) mass is 244 g/mol. The van der Waals surface area contributed by atoms with Gasteiger partial charge in [0.15, 0.2) is 0 Å². The second-order valence-electron chi connectivity index (χ2n) is 3.24. The molecule has 0 aliphatic rings. The van der Waals surface area contributed by atoms with Gasteiger partial charge in [0.2, 0.25) is 5.91 Å². The number of thioether (sulfide) groups is 1. The molecule has 0 unspecified atom stereocenters. The highest BCUT2D eigenvalue weighted by atomic mass is 32.2. The summed E-state index contributed by atoms with van der Waals surface area (Å²) in [5, 5.41) is 6.84. The molecule has 0 aliphatic heterocycles. The summed E-state index contributed by atoms with van der Waals surface area (Å²) in [6, 6.07) is 1.62. The molecule has 0 saturated heterocycles. The fraction of sp³-hybridized carbons (Fsp3) is 0.500. The van der Waals surface area contributed by atoms with E-state index < -0.39 is 0 Å². The van der Waals surface area contributed by atoms with Crippen molar-refractivity contribution in [1.82, 2.24) is 5.32 Å². The first-order chi connectivity index (χ1) is 7.24. The Hall–Kier alpha value is -0.520. The molecule has 3 N–H and O–H groups in total. The molecule has 0 aromatic carbocycles.